The van der Waals surface area contributed by atoms with Gasteiger partial charge < -0.3 is 15.4 Å². The minimum atomic E-state index is -0.481. The van der Waals surface area contributed by atoms with Gasteiger partial charge in [-0.1, -0.05) is 12.1 Å². The molecule has 1 unspecified atom stereocenters. The van der Waals surface area contributed by atoms with E-state index in [1.165, 1.54) is 0 Å². The summed E-state index contributed by atoms with van der Waals surface area (Å²) in [5.41, 5.74) is 2.07. The molecule has 0 bridgehead atoms. The Kier molecular flexibility index (Phi) is 4.23. The molecule has 0 fully saturated rings. The Labute approximate surface area is 133 Å². The molecule has 1 aromatic carbocycles. The summed E-state index contributed by atoms with van der Waals surface area (Å²) >= 11 is 0. The first-order valence-corrected chi connectivity index (χ1v) is 7.43. The number of pyridine rings is 1. The number of hydrogen-bond acceptors (Lipinski definition) is 4. The van der Waals surface area contributed by atoms with E-state index in [1.54, 1.807) is 31.3 Å². The van der Waals surface area contributed by atoms with E-state index in [0.29, 0.717) is 30.1 Å². The Morgan fingerprint density at radius 3 is 3.00 bits per heavy atom. The van der Waals surface area contributed by atoms with Crippen molar-refractivity contribution < 1.29 is 14.3 Å². The standard InChI is InChI=1S/C17H17N3O3/c1-11-16(21)20-14-10-12(5-6-15(14)23-11)7-9-19-17(22)13-4-2-3-8-18-13/h2-6,8,10-11H,7,9H2,1H3,(H,19,22)(H,20,21). The molecule has 0 saturated carbocycles. The number of ether oxygens (including phenoxy) is 1. The molecule has 6 heteroatoms. The van der Waals surface area contributed by atoms with Crippen molar-refractivity contribution in [3.05, 3.63) is 53.9 Å². The molecule has 1 aliphatic rings. The van der Waals surface area contributed by atoms with Gasteiger partial charge in [0.25, 0.3) is 11.8 Å². The molecule has 3 rings (SSSR count). The Hall–Kier alpha value is -2.89. The van der Waals surface area contributed by atoms with Crippen LogP contribution in [0.5, 0.6) is 5.75 Å². The highest BCUT2D eigenvalue weighted by Crippen LogP contribution is 2.30. The minimum Gasteiger partial charge on any atom is -0.479 e. The maximum absolute atomic E-state index is 11.9. The van der Waals surface area contributed by atoms with E-state index >= 15 is 0 Å². The van der Waals surface area contributed by atoms with Crippen LogP contribution >= 0.6 is 0 Å². The molecule has 0 aliphatic carbocycles. The van der Waals surface area contributed by atoms with E-state index in [1.807, 2.05) is 18.2 Å². The van der Waals surface area contributed by atoms with Crippen molar-refractivity contribution in [3.8, 4) is 5.75 Å². The van der Waals surface area contributed by atoms with Crippen molar-refractivity contribution in [2.45, 2.75) is 19.4 Å². The molecule has 0 saturated heterocycles. The molecule has 0 spiro atoms. The Morgan fingerprint density at radius 2 is 2.22 bits per heavy atom. The van der Waals surface area contributed by atoms with Gasteiger partial charge in [-0.05, 0) is 43.2 Å². The fourth-order valence-corrected chi connectivity index (χ4v) is 2.32. The highest BCUT2D eigenvalue weighted by atomic mass is 16.5. The predicted molar refractivity (Wildman–Crippen MR) is 85.4 cm³/mol. The summed E-state index contributed by atoms with van der Waals surface area (Å²) in [6.45, 7) is 2.19. The number of amides is 2. The summed E-state index contributed by atoms with van der Waals surface area (Å²) in [5.74, 6) is 0.311. The second-order valence-electron chi connectivity index (χ2n) is 5.30. The molecular formula is C17H17N3O3. The van der Waals surface area contributed by atoms with Gasteiger partial charge in [0, 0.05) is 12.7 Å². The molecule has 118 valence electrons. The molecule has 23 heavy (non-hydrogen) atoms. The number of nitrogens with zero attached hydrogens (tertiary/aromatic N) is 1. The average molecular weight is 311 g/mol. The number of nitrogens with one attached hydrogen (secondary N) is 2. The van der Waals surface area contributed by atoms with E-state index in [4.69, 9.17) is 4.74 Å². The third-order valence-corrected chi connectivity index (χ3v) is 3.57. The summed E-state index contributed by atoms with van der Waals surface area (Å²) < 4.78 is 5.51. The quantitative estimate of drug-likeness (QED) is 0.902. The van der Waals surface area contributed by atoms with Gasteiger partial charge in [0.2, 0.25) is 0 Å². The van der Waals surface area contributed by atoms with Crippen LogP contribution in [0.15, 0.2) is 42.6 Å². The number of benzene rings is 1. The lowest BCUT2D eigenvalue weighted by Crippen LogP contribution is -2.34. The highest BCUT2D eigenvalue weighted by molar-refractivity contribution is 5.97. The van der Waals surface area contributed by atoms with Crippen LogP contribution in [-0.4, -0.2) is 29.4 Å². The third-order valence-electron chi connectivity index (χ3n) is 3.57. The van der Waals surface area contributed by atoms with Gasteiger partial charge in [-0.15, -0.1) is 0 Å². The number of carbonyl (C=O) groups is 2. The van der Waals surface area contributed by atoms with Crippen LogP contribution in [-0.2, 0) is 11.2 Å². The van der Waals surface area contributed by atoms with Crippen LogP contribution in [0.25, 0.3) is 0 Å². The van der Waals surface area contributed by atoms with Crippen LogP contribution in [0.2, 0.25) is 0 Å². The van der Waals surface area contributed by atoms with Gasteiger partial charge in [0.05, 0.1) is 5.69 Å². The smallest absolute Gasteiger partial charge is 0.269 e. The summed E-state index contributed by atoms with van der Waals surface area (Å²) in [7, 11) is 0. The van der Waals surface area contributed by atoms with Crippen molar-refractivity contribution in [1.82, 2.24) is 10.3 Å². The maximum Gasteiger partial charge on any atom is 0.269 e. The van der Waals surface area contributed by atoms with Gasteiger partial charge in [0.15, 0.2) is 6.10 Å². The fraction of sp³-hybridized carbons (Fsp3) is 0.235. The average Bonchev–Trinajstić information content (AvgIpc) is 2.57. The fourth-order valence-electron chi connectivity index (χ4n) is 2.32. The zero-order valence-corrected chi connectivity index (χ0v) is 12.7. The molecule has 6 nitrogen and oxygen atoms in total. The van der Waals surface area contributed by atoms with Gasteiger partial charge in [-0.3, -0.25) is 14.6 Å². The van der Waals surface area contributed by atoms with Crippen molar-refractivity contribution >= 4 is 17.5 Å². The van der Waals surface area contributed by atoms with Crippen LogP contribution in [0.3, 0.4) is 0 Å². The molecule has 0 radical (unpaired) electrons. The Morgan fingerprint density at radius 1 is 1.35 bits per heavy atom. The number of anilines is 1. The van der Waals surface area contributed by atoms with E-state index < -0.39 is 6.10 Å². The number of aromatic nitrogens is 1. The Bertz CT molecular complexity index is 731. The second kappa shape index (κ2) is 6.48. The van der Waals surface area contributed by atoms with Crippen LogP contribution < -0.4 is 15.4 Å². The maximum atomic E-state index is 11.9. The molecule has 2 amide bonds. The number of carbonyl (C=O) groups excluding carboxylic acids is 2. The minimum absolute atomic E-state index is 0.155. The van der Waals surface area contributed by atoms with Crippen LogP contribution in [0.4, 0.5) is 5.69 Å². The number of fused-ring (bicyclic) bond motifs is 1. The number of rotatable bonds is 4. The van der Waals surface area contributed by atoms with Crippen molar-refractivity contribution in [2.75, 3.05) is 11.9 Å². The summed E-state index contributed by atoms with van der Waals surface area (Å²) in [4.78, 5) is 27.5. The third kappa shape index (κ3) is 3.48. The predicted octanol–water partition coefficient (Wildman–Crippen LogP) is 1.77. The first-order chi connectivity index (χ1) is 11.1. The van der Waals surface area contributed by atoms with E-state index in [0.717, 1.165) is 5.56 Å². The topological polar surface area (TPSA) is 80.3 Å². The van der Waals surface area contributed by atoms with Crippen molar-refractivity contribution in [2.24, 2.45) is 0 Å². The normalized spacial score (nSPS) is 16.0. The lowest BCUT2D eigenvalue weighted by Gasteiger charge is -2.23. The van der Waals surface area contributed by atoms with Gasteiger partial charge >= 0.3 is 0 Å². The molecule has 1 aromatic heterocycles. The zero-order chi connectivity index (χ0) is 16.2. The van der Waals surface area contributed by atoms with E-state index in [2.05, 4.69) is 15.6 Å². The highest BCUT2D eigenvalue weighted by Gasteiger charge is 2.23. The summed E-state index contributed by atoms with van der Waals surface area (Å²) in [6.07, 6.45) is 1.75. The monoisotopic (exact) mass is 311 g/mol. The lowest BCUT2D eigenvalue weighted by atomic mass is 10.1. The zero-order valence-electron chi connectivity index (χ0n) is 12.7. The first-order valence-electron chi connectivity index (χ1n) is 7.43. The molecule has 1 aliphatic heterocycles. The molecule has 2 heterocycles. The second-order valence-corrected chi connectivity index (χ2v) is 5.30. The Balaban J connectivity index is 1.58. The van der Waals surface area contributed by atoms with Gasteiger partial charge in [-0.2, -0.15) is 0 Å². The SMILES string of the molecule is CC1Oc2ccc(CCNC(=O)c3ccccn3)cc2NC1=O. The molecule has 1 atom stereocenters. The van der Waals surface area contributed by atoms with Gasteiger partial charge in [-0.25, -0.2) is 0 Å². The van der Waals surface area contributed by atoms with E-state index in [-0.39, 0.29) is 11.8 Å². The summed E-state index contributed by atoms with van der Waals surface area (Å²) in [5, 5.41) is 5.64. The largest absolute Gasteiger partial charge is 0.479 e. The van der Waals surface area contributed by atoms with Crippen molar-refractivity contribution in [3.63, 3.8) is 0 Å². The van der Waals surface area contributed by atoms with Crippen molar-refractivity contribution in [1.29, 1.82) is 0 Å². The molecule has 2 aromatic rings. The lowest BCUT2D eigenvalue weighted by molar-refractivity contribution is -0.122. The van der Waals surface area contributed by atoms with Crippen LogP contribution in [0, 0.1) is 0 Å². The molecular weight excluding hydrogens is 294 g/mol. The summed E-state index contributed by atoms with van der Waals surface area (Å²) in [6, 6.07) is 10.8. The van der Waals surface area contributed by atoms with E-state index in [9.17, 15) is 9.59 Å². The molecule has 2 N–H and O–H groups in total. The van der Waals surface area contributed by atoms with Gasteiger partial charge in [0.1, 0.15) is 11.4 Å². The first kappa shape index (κ1) is 15.0. The van der Waals surface area contributed by atoms with Crippen LogP contribution in [0.1, 0.15) is 23.0 Å². The number of hydrogen-bond donors (Lipinski definition) is 2.